The minimum absolute atomic E-state index is 0.104. The molecule has 2 heterocycles. The van der Waals surface area contributed by atoms with Crippen LogP contribution in [0.15, 0.2) is 48.5 Å². The highest BCUT2D eigenvalue weighted by atomic mass is 19.1. The highest BCUT2D eigenvalue weighted by Gasteiger charge is 2.67. The number of nitrogens with zero attached hydrogens (tertiary/aromatic N) is 1. The van der Waals surface area contributed by atoms with E-state index in [-0.39, 0.29) is 5.69 Å². The molecule has 2 amide bonds. The summed E-state index contributed by atoms with van der Waals surface area (Å²) >= 11 is 0. The molecule has 2 aromatic rings. The smallest absolute Gasteiger partial charge is 0.326 e. The van der Waals surface area contributed by atoms with Gasteiger partial charge in [-0.25, -0.2) is 9.29 Å². The van der Waals surface area contributed by atoms with E-state index in [0.29, 0.717) is 0 Å². The Labute approximate surface area is 167 Å². The Hall–Kier alpha value is -3.06. The van der Waals surface area contributed by atoms with Gasteiger partial charge in [-0.05, 0) is 37.1 Å². The van der Waals surface area contributed by atoms with E-state index in [1.807, 2.05) is 31.2 Å². The number of carbonyl (C=O) groups is 3. The number of nitrogens with one attached hydrogen (secondary N) is 1. The molecule has 0 aliphatic carbocycles. The van der Waals surface area contributed by atoms with Gasteiger partial charge >= 0.3 is 5.97 Å². The average Bonchev–Trinajstić information content (AvgIpc) is 3.16. The summed E-state index contributed by atoms with van der Waals surface area (Å²) in [7, 11) is 1.24. The molecule has 150 valence electrons. The highest BCUT2D eigenvalue weighted by Crippen LogP contribution is 2.50. The van der Waals surface area contributed by atoms with E-state index in [1.165, 1.54) is 25.3 Å². The fourth-order valence-corrected chi connectivity index (χ4v) is 4.61. The molecule has 2 aromatic carbocycles. The van der Waals surface area contributed by atoms with E-state index in [1.54, 1.807) is 13.0 Å². The second-order valence-corrected chi connectivity index (χ2v) is 7.64. The maximum atomic E-state index is 14.4. The third-order valence-electron chi connectivity index (χ3n) is 6.01. The van der Waals surface area contributed by atoms with E-state index in [0.717, 1.165) is 16.0 Å². The first-order valence-corrected chi connectivity index (χ1v) is 9.35. The van der Waals surface area contributed by atoms with E-state index in [9.17, 15) is 18.8 Å². The average molecular weight is 396 g/mol. The van der Waals surface area contributed by atoms with Crippen molar-refractivity contribution >= 4 is 23.5 Å². The predicted molar refractivity (Wildman–Crippen MR) is 103 cm³/mol. The zero-order valence-corrected chi connectivity index (χ0v) is 16.3. The van der Waals surface area contributed by atoms with Gasteiger partial charge in [-0.3, -0.25) is 19.7 Å². The molecule has 0 aromatic heterocycles. The van der Waals surface area contributed by atoms with Gasteiger partial charge in [0.25, 0.3) is 0 Å². The SMILES string of the molecule is COC(=O)[C@]1(C)N[C@H](c2ccccc2C)[C@H]2C(=O)N(c3ccccc3F)C(=O)[C@H]21. The van der Waals surface area contributed by atoms with Crippen LogP contribution in [0.2, 0.25) is 0 Å². The highest BCUT2D eigenvalue weighted by molar-refractivity contribution is 6.24. The fourth-order valence-electron chi connectivity index (χ4n) is 4.61. The Bertz CT molecular complexity index is 1020. The van der Waals surface area contributed by atoms with Gasteiger partial charge in [0, 0.05) is 6.04 Å². The molecule has 2 fully saturated rings. The molecule has 2 aliphatic heterocycles. The molecule has 0 radical (unpaired) electrons. The summed E-state index contributed by atoms with van der Waals surface area (Å²) in [6, 6.07) is 12.5. The summed E-state index contributed by atoms with van der Waals surface area (Å²) in [6.07, 6.45) is 0. The molecule has 0 bridgehead atoms. The summed E-state index contributed by atoms with van der Waals surface area (Å²) in [4.78, 5) is 40.3. The zero-order chi connectivity index (χ0) is 20.9. The Morgan fingerprint density at radius 3 is 2.41 bits per heavy atom. The van der Waals surface area contributed by atoms with E-state index in [4.69, 9.17) is 4.74 Å². The molecule has 6 nitrogen and oxygen atoms in total. The summed E-state index contributed by atoms with van der Waals surface area (Å²) in [6.45, 7) is 3.46. The van der Waals surface area contributed by atoms with Crippen molar-refractivity contribution in [3.63, 3.8) is 0 Å². The van der Waals surface area contributed by atoms with Gasteiger partial charge in [0.15, 0.2) is 0 Å². The van der Waals surface area contributed by atoms with Crippen molar-refractivity contribution in [2.24, 2.45) is 11.8 Å². The number of amides is 2. The molecular weight excluding hydrogens is 375 g/mol. The van der Waals surface area contributed by atoms with E-state index >= 15 is 0 Å². The van der Waals surface area contributed by atoms with Crippen LogP contribution >= 0.6 is 0 Å². The number of esters is 1. The molecule has 0 unspecified atom stereocenters. The fraction of sp³-hybridized carbons (Fsp3) is 0.318. The van der Waals surface area contributed by atoms with Gasteiger partial charge in [0.1, 0.15) is 11.4 Å². The quantitative estimate of drug-likeness (QED) is 0.637. The van der Waals surface area contributed by atoms with E-state index in [2.05, 4.69) is 5.32 Å². The number of halogens is 1. The Balaban J connectivity index is 1.87. The van der Waals surface area contributed by atoms with Crippen molar-refractivity contribution in [2.75, 3.05) is 12.0 Å². The molecular formula is C22H21FN2O4. The lowest BCUT2D eigenvalue weighted by atomic mass is 9.80. The van der Waals surface area contributed by atoms with Crippen LogP contribution in [0.5, 0.6) is 0 Å². The Kier molecular flexibility index (Phi) is 4.50. The first-order valence-electron chi connectivity index (χ1n) is 9.35. The summed E-state index contributed by atoms with van der Waals surface area (Å²) < 4.78 is 19.4. The molecule has 1 N–H and O–H groups in total. The van der Waals surface area contributed by atoms with Crippen LogP contribution in [0.1, 0.15) is 24.1 Å². The lowest BCUT2D eigenvalue weighted by Crippen LogP contribution is -2.54. The minimum atomic E-state index is -1.42. The molecule has 2 aliphatic rings. The monoisotopic (exact) mass is 396 g/mol. The molecule has 4 rings (SSSR count). The molecule has 0 saturated carbocycles. The second-order valence-electron chi connectivity index (χ2n) is 7.64. The zero-order valence-electron chi connectivity index (χ0n) is 16.3. The lowest BCUT2D eigenvalue weighted by molar-refractivity contribution is -0.151. The lowest BCUT2D eigenvalue weighted by Gasteiger charge is -2.29. The second kappa shape index (κ2) is 6.77. The van der Waals surface area contributed by atoms with E-state index < -0.39 is 47.0 Å². The van der Waals surface area contributed by atoms with Gasteiger partial charge in [0.05, 0.1) is 24.6 Å². The number of hydrogen-bond donors (Lipinski definition) is 1. The topological polar surface area (TPSA) is 75.7 Å². The standard InChI is InChI=1S/C22H21FN2O4/c1-12-8-4-5-9-13(12)18-16-17(22(2,24-18)21(28)29-3)20(27)25(19(16)26)15-11-7-6-10-14(15)23/h4-11,16-18,24H,1-3H3/t16-,17-,18+,22+/m0/s1. The van der Waals surface area contributed by atoms with Crippen LogP contribution in [0.25, 0.3) is 0 Å². The van der Waals surface area contributed by atoms with Crippen LogP contribution in [0.4, 0.5) is 10.1 Å². The van der Waals surface area contributed by atoms with Crippen molar-refractivity contribution in [2.45, 2.75) is 25.4 Å². The number of carbonyl (C=O) groups excluding carboxylic acids is 3. The first kappa shape index (κ1) is 19.3. The normalized spacial score (nSPS) is 28.6. The minimum Gasteiger partial charge on any atom is -0.468 e. The maximum Gasteiger partial charge on any atom is 0.326 e. The van der Waals surface area contributed by atoms with Crippen molar-refractivity contribution in [3.05, 3.63) is 65.5 Å². The number of ether oxygens (including phenoxy) is 1. The molecule has 2 saturated heterocycles. The number of methoxy groups -OCH3 is 1. The van der Waals surface area contributed by atoms with Crippen LogP contribution in [-0.2, 0) is 19.1 Å². The van der Waals surface area contributed by atoms with Crippen molar-refractivity contribution < 1.29 is 23.5 Å². The maximum absolute atomic E-state index is 14.4. The van der Waals surface area contributed by atoms with Crippen LogP contribution in [0, 0.1) is 24.6 Å². The number of benzene rings is 2. The third-order valence-corrected chi connectivity index (χ3v) is 6.01. The Morgan fingerprint density at radius 1 is 1.10 bits per heavy atom. The van der Waals surface area contributed by atoms with Gasteiger partial charge in [-0.2, -0.15) is 0 Å². The Morgan fingerprint density at radius 2 is 1.76 bits per heavy atom. The van der Waals surface area contributed by atoms with Crippen LogP contribution in [-0.4, -0.2) is 30.4 Å². The predicted octanol–water partition coefficient (Wildman–Crippen LogP) is 2.52. The van der Waals surface area contributed by atoms with Crippen molar-refractivity contribution in [1.82, 2.24) is 5.32 Å². The van der Waals surface area contributed by atoms with Crippen LogP contribution < -0.4 is 10.2 Å². The number of rotatable bonds is 3. The number of imide groups is 1. The van der Waals surface area contributed by atoms with Crippen molar-refractivity contribution in [3.8, 4) is 0 Å². The van der Waals surface area contributed by atoms with Gasteiger partial charge < -0.3 is 4.74 Å². The third kappa shape index (κ3) is 2.68. The summed E-state index contributed by atoms with van der Waals surface area (Å²) in [5.41, 5.74) is 0.209. The van der Waals surface area contributed by atoms with Crippen LogP contribution in [0.3, 0.4) is 0 Å². The molecule has 29 heavy (non-hydrogen) atoms. The number of fused-ring (bicyclic) bond motifs is 1. The van der Waals surface area contributed by atoms with Gasteiger partial charge in [-0.15, -0.1) is 0 Å². The van der Waals surface area contributed by atoms with Gasteiger partial charge in [0.2, 0.25) is 11.8 Å². The molecule has 4 atom stereocenters. The number of anilines is 1. The first-order chi connectivity index (χ1) is 13.8. The summed E-state index contributed by atoms with van der Waals surface area (Å²) in [5.74, 6) is -4.31. The largest absolute Gasteiger partial charge is 0.468 e. The number of para-hydroxylation sites is 1. The summed E-state index contributed by atoms with van der Waals surface area (Å²) in [5, 5.41) is 3.19. The number of hydrogen-bond acceptors (Lipinski definition) is 5. The number of aryl methyl sites for hydroxylation is 1. The molecule has 0 spiro atoms. The molecule has 7 heteroatoms. The van der Waals surface area contributed by atoms with Crippen molar-refractivity contribution in [1.29, 1.82) is 0 Å². The van der Waals surface area contributed by atoms with Gasteiger partial charge in [-0.1, -0.05) is 36.4 Å².